The highest BCUT2D eigenvalue weighted by Crippen LogP contribution is 2.06. The summed E-state index contributed by atoms with van der Waals surface area (Å²) in [5.74, 6) is -2.81. The van der Waals surface area contributed by atoms with Crippen molar-refractivity contribution in [3.63, 3.8) is 0 Å². The molecule has 158 valence electrons. The van der Waals surface area contributed by atoms with E-state index in [0.29, 0.717) is 0 Å². The Balaban J connectivity index is -0.000000133. The number of carboxylic acids is 3. The first-order valence-electron chi connectivity index (χ1n) is 7.33. The highest BCUT2D eigenvalue weighted by Gasteiger charge is 2.23. The van der Waals surface area contributed by atoms with Gasteiger partial charge in [-0.05, 0) is 20.8 Å². The van der Waals surface area contributed by atoms with Crippen LogP contribution in [0.15, 0.2) is 36.5 Å². The third-order valence-corrected chi connectivity index (χ3v) is 2.26. The Morgan fingerprint density at radius 3 is 0.926 bits per heavy atom. The van der Waals surface area contributed by atoms with Crippen molar-refractivity contribution in [2.24, 2.45) is 0 Å². The molecular formula is C17H30O10. The Morgan fingerprint density at radius 2 is 0.889 bits per heavy atom. The van der Waals surface area contributed by atoms with Crippen LogP contribution in [0.2, 0.25) is 0 Å². The largest absolute Gasteiger partial charge is 0.478 e. The topological polar surface area (TPSA) is 193 Å². The molecule has 0 aromatic carbocycles. The number of hydrogen-bond donors (Lipinski definition) is 7. The molecule has 0 spiro atoms. The third kappa shape index (κ3) is 28.5. The van der Waals surface area contributed by atoms with Crippen LogP contribution in [0.4, 0.5) is 0 Å². The molecule has 7 N–H and O–H groups in total. The molecule has 0 aromatic heterocycles. The molecule has 0 rings (SSSR count). The van der Waals surface area contributed by atoms with Crippen molar-refractivity contribution in [1.29, 1.82) is 0 Å². The summed E-state index contributed by atoms with van der Waals surface area (Å²) in [6.07, 6.45) is 0. The number of carboxylic acid groups (broad SMARTS) is 3. The van der Waals surface area contributed by atoms with Crippen LogP contribution in [0.25, 0.3) is 0 Å². The number of aliphatic hydroxyl groups excluding tert-OH is 3. The van der Waals surface area contributed by atoms with Crippen molar-refractivity contribution in [2.45, 2.75) is 32.8 Å². The van der Waals surface area contributed by atoms with Crippen LogP contribution in [0.3, 0.4) is 0 Å². The molecule has 0 bridgehead atoms. The molecule has 0 aliphatic carbocycles. The molecule has 0 radical (unpaired) electrons. The maximum atomic E-state index is 9.60. The molecule has 0 aromatic rings. The molecular weight excluding hydrogens is 364 g/mol. The van der Waals surface area contributed by atoms with Crippen LogP contribution >= 0.6 is 0 Å². The fraction of sp³-hybridized carbons (Fsp3) is 0.471. The van der Waals surface area contributed by atoms with E-state index in [1.807, 2.05) is 0 Å². The van der Waals surface area contributed by atoms with Gasteiger partial charge in [0.2, 0.25) is 0 Å². The lowest BCUT2D eigenvalue weighted by Crippen LogP contribution is -2.38. The summed E-state index contributed by atoms with van der Waals surface area (Å²) in [6.45, 7) is 12.5. The Bertz CT molecular complexity index is 411. The second-order valence-electron chi connectivity index (χ2n) is 5.27. The smallest absolute Gasteiger partial charge is 0.330 e. The Morgan fingerprint density at radius 1 is 0.704 bits per heavy atom. The first kappa shape index (κ1) is 32.2. The van der Waals surface area contributed by atoms with E-state index >= 15 is 0 Å². The summed E-state index contributed by atoms with van der Waals surface area (Å²) in [4.78, 5) is 28.8. The number of carbonyl (C=O) groups is 3. The van der Waals surface area contributed by atoms with E-state index in [9.17, 15) is 14.4 Å². The molecule has 0 unspecified atom stereocenters. The molecule has 0 aliphatic rings. The quantitative estimate of drug-likeness (QED) is 0.289. The fourth-order valence-corrected chi connectivity index (χ4v) is 0.416. The number of aliphatic hydroxyl groups is 4. The molecule has 0 amide bonds. The minimum atomic E-state index is -1.51. The molecule has 10 heteroatoms. The van der Waals surface area contributed by atoms with Crippen molar-refractivity contribution >= 4 is 17.9 Å². The van der Waals surface area contributed by atoms with Gasteiger partial charge < -0.3 is 35.7 Å². The molecule has 0 heterocycles. The predicted octanol–water partition coefficient (Wildman–Crippen LogP) is 0.0258. The third-order valence-electron chi connectivity index (χ3n) is 2.26. The highest BCUT2D eigenvalue weighted by atomic mass is 16.4. The Labute approximate surface area is 158 Å². The maximum Gasteiger partial charge on any atom is 0.330 e. The van der Waals surface area contributed by atoms with E-state index in [2.05, 4.69) is 19.7 Å². The van der Waals surface area contributed by atoms with E-state index in [4.69, 9.17) is 35.7 Å². The number of aliphatic carboxylic acids is 3. The SMILES string of the molecule is C=C(C)C(=O)O.C=C(C)C(=O)O.C=C(C)C(=O)O.OCCC(O)(CO)CO. The Kier molecular flexibility index (Phi) is 21.8. The van der Waals surface area contributed by atoms with Gasteiger partial charge in [-0.15, -0.1) is 0 Å². The van der Waals surface area contributed by atoms with Crippen molar-refractivity contribution < 1.29 is 50.1 Å². The first-order valence-corrected chi connectivity index (χ1v) is 7.33. The van der Waals surface area contributed by atoms with Crippen LogP contribution in [-0.4, -0.2) is 79.1 Å². The van der Waals surface area contributed by atoms with Gasteiger partial charge in [0.25, 0.3) is 0 Å². The summed E-state index contributed by atoms with van der Waals surface area (Å²) in [7, 11) is 0. The zero-order valence-electron chi connectivity index (χ0n) is 15.8. The van der Waals surface area contributed by atoms with Crippen LogP contribution in [-0.2, 0) is 14.4 Å². The molecule has 0 aliphatic heterocycles. The summed E-state index contributed by atoms with van der Waals surface area (Å²) < 4.78 is 0. The average molecular weight is 394 g/mol. The van der Waals surface area contributed by atoms with Crippen molar-refractivity contribution in [2.75, 3.05) is 19.8 Å². The molecule has 10 nitrogen and oxygen atoms in total. The van der Waals surface area contributed by atoms with E-state index in [1.54, 1.807) is 0 Å². The maximum absolute atomic E-state index is 9.60. The lowest BCUT2D eigenvalue weighted by atomic mass is 10.0. The van der Waals surface area contributed by atoms with Crippen molar-refractivity contribution in [1.82, 2.24) is 0 Å². The summed E-state index contributed by atoms with van der Waals surface area (Å²) in [6, 6.07) is 0. The molecule has 0 atom stereocenters. The zero-order valence-corrected chi connectivity index (χ0v) is 15.8. The monoisotopic (exact) mass is 394 g/mol. The number of hydrogen-bond acceptors (Lipinski definition) is 7. The van der Waals surface area contributed by atoms with Crippen LogP contribution in [0.5, 0.6) is 0 Å². The van der Waals surface area contributed by atoms with Gasteiger partial charge >= 0.3 is 17.9 Å². The minimum Gasteiger partial charge on any atom is -0.478 e. The van der Waals surface area contributed by atoms with Gasteiger partial charge in [0, 0.05) is 29.7 Å². The highest BCUT2D eigenvalue weighted by molar-refractivity contribution is 5.85. The summed E-state index contributed by atoms with van der Waals surface area (Å²) in [5, 5.41) is 57.7. The van der Waals surface area contributed by atoms with Crippen LogP contribution in [0.1, 0.15) is 27.2 Å². The van der Waals surface area contributed by atoms with Gasteiger partial charge in [0.1, 0.15) is 5.60 Å². The van der Waals surface area contributed by atoms with E-state index in [0.717, 1.165) is 0 Å². The van der Waals surface area contributed by atoms with Crippen LogP contribution in [0, 0.1) is 0 Å². The van der Waals surface area contributed by atoms with Crippen molar-refractivity contribution in [3.8, 4) is 0 Å². The normalized spacial score (nSPS) is 9.00. The molecule has 0 saturated carbocycles. The first-order chi connectivity index (χ1) is 12.1. The van der Waals surface area contributed by atoms with Gasteiger partial charge in [-0.1, -0.05) is 19.7 Å². The van der Waals surface area contributed by atoms with Gasteiger partial charge in [-0.2, -0.15) is 0 Å². The van der Waals surface area contributed by atoms with Crippen molar-refractivity contribution in [3.05, 3.63) is 36.5 Å². The van der Waals surface area contributed by atoms with Gasteiger partial charge in [0.15, 0.2) is 0 Å². The Hall–Kier alpha value is -2.53. The molecule has 0 fully saturated rings. The predicted molar refractivity (Wildman–Crippen MR) is 98.2 cm³/mol. The minimum absolute atomic E-state index is 0. The van der Waals surface area contributed by atoms with E-state index < -0.39 is 36.7 Å². The van der Waals surface area contributed by atoms with E-state index in [-0.39, 0.29) is 29.7 Å². The lowest BCUT2D eigenvalue weighted by molar-refractivity contribution is -0.133. The molecule has 0 saturated heterocycles. The summed E-state index contributed by atoms with van der Waals surface area (Å²) in [5.41, 5.74) is -0.977. The van der Waals surface area contributed by atoms with Crippen LogP contribution < -0.4 is 0 Å². The fourth-order valence-electron chi connectivity index (χ4n) is 0.416. The van der Waals surface area contributed by atoms with E-state index in [1.165, 1.54) is 20.8 Å². The number of rotatable bonds is 7. The average Bonchev–Trinajstić information content (AvgIpc) is 2.56. The van der Waals surface area contributed by atoms with Gasteiger partial charge in [-0.25, -0.2) is 14.4 Å². The zero-order chi connectivity index (χ0) is 22.8. The lowest BCUT2D eigenvalue weighted by Gasteiger charge is -2.21. The molecule has 27 heavy (non-hydrogen) atoms. The van der Waals surface area contributed by atoms with Gasteiger partial charge in [0.05, 0.1) is 13.2 Å². The van der Waals surface area contributed by atoms with Gasteiger partial charge in [-0.3, -0.25) is 0 Å². The summed E-state index contributed by atoms with van der Waals surface area (Å²) >= 11 is 0. The second kappa shape index (κ2) is 18.3. The second-order valence-corrected chi connectivity index (χ2v) is 5.27. The standard InChI is InChI=1S/C5H12O4.3C4H6O2/c6-2-1-5(9,3-7)4-8;3*1-3(2)4(5)6/h6-9H,1-4H2;3*1H2,2H3,(H,5,6).